The summed E-state index contributed by atoms with van der Waals surface area (Å²) in [5.41, 5.74) is 0. The predicted molar refractivity (Wildman–Crippen MR) is 73.0 cm³/mol. The Morgan fingerprint density at radius 1 is 1.50 bits per heavy atom. The fourth-order valence-electron chi connectivity index (χ4n) is 1.85. The van der Waals surface area contributed by atoms with Gasteiger partial charge in [0.1, 0.15) is 0 Å². The largest absolute Gasteiger partial charge is 0.316 e. The summed E-state index contributed by atoms with van der Waals surface area (Å²) in [6, 6.07) is 4.33. The molecule has 1 heterocycles. The Bertz CT molecular complexity index is 259. The van der Waals surface area contributed by atoms with E-state index in [2.05, 4.69) is 48.6 Å². The number of rotatable bonds is 8. The van der Waals surface area contributed by atoms with Crippen LogP contribution in [-0.4, -0.2) is 31.6 Å². The number of hydrogen-bond acceptors (Lipinski definition) is 3. The summed E-state index contributed by atoms with van der Waals surface area (Å²) in [7, 11) is 2.20. The van der Waals surface area contributed by atoms with Gasteiger partial charge in [0.05, 0.1) is 0 Å². The second-order valence-electron chi connectivity index (χ2n) is 4.59. The molecule has 1 rings (SSSR count). The highest BCUT2D eigenvalue weighted by Crippen LogP contribution is 2.11. The van der Waals surface area contributed by atoms with Crippen LogP contribution in [0.15, 0.2) is 17.5 Å². The van der Waals surface area contributed by atoms with Crippen LogP contribution in [0.1, 0.15) is 25.1 Å². The van der Waals surface area contributed by atoms with Crippen molar-refractivity contribution in [3.63, 3.8) is 0 Å². The van der Waals surface area contributed by atoms with Crippen LogP contribution < -0.4 is 5.32 Å². The summed E-state index contributed by atoms with van der Waals surface area (Å²) in [5.74, 6) is 0.719. The summed E-state index contributed by atoms with van der Waals surface area (Å²) in [4.78, 5) is 3.86. The normalized spacial score (nSPS) is 13.2. The highest BCUT2D eigenvalue weighted by Gasteiger charge is 2.06. The van der Waals surface area contributed by atoms with Gasteiger partial charge in [-0.3, -0.25) is 0 Å². The second-order valence-corrected chi connectivity index (χ2v) is 5.62. The minimum absolute atomic E-state index is 0.719. The van der Waals surface area contributed by atoms with Crippen molar-refractivity contribution in [1.82, 2.24) is 10.2 Å². The molecule has 0 amide bonds. The van der Waals surface area contributed by atoms with Gasteiger partial charge in [-0.05, 0) is 43.9 Å². The highest BCUT2D eigenvalue weighted by atomic mass is 32.1. The molecule has 0 aliphatic heterocycles. The topological polar surface area (TPSA) is 15.3 Å². The molecule has 92 valence electrons. The molecular formula is C13H24N2S. The Hall–Kier alpha value is -0.380. The molecule has 1 atom stereocenters. The molecule has 16 heavy (non-hydrogen) atoms. The van der Waals surface area contributed by atoms with E-state index in [0.717, 1.165) is 32.1 Å². The maximum absolute atomic E-state index is 3.47. The predicted octanol–water partition coefficient (Wildman–Crippen LogP) is 2.82. The van der Waals surface area contributed by atoms with Crippen molar-refractivity contribution in [3.8, 4) is 0 Å². The van der Waals surface area contributed by atoms with E-state index in [4.69, 9.17) is 0 Å². The van der Waals surface area contributed by atoms with Gasteiger partial charge in [0.2, 0.25) is 0 Å². The highest BCUT2D eigenvalue weighted by molar-refractivity contribution is 7.09. The molecule has 0 fully saturated rings. The molecule has 0 saturated heterocycles. The van der Waals surface area contributed by atoms with E-state index in [1.807, 2.05) is 11.3 Å². The first kappa shape index (κ1) is 13.7. The van der Waals surface area contributed by atoms with Crippen LogP contribution in [0.3, 0.4) is 0 Å². The van der Waals surface area contributed by atoms with Crippen molar-refractivity contribution in [1.29, 1.82) is 0 Å². The Balaban J connectivity index is 2.15. The zero-order chi connectivity index (χ0) is 11.8. The molecule has 0 bridgehead atoms. The average molecular weight is 240 g/mol. The number of nitrogens with one attached hydrogen (secondary N) is 1. The van der Waals surface area contributed by atoms with Crippen LogP contribution in [0.5, 0.6) is 0 Å². The monoisotopic (exact) mass is 240 g/mol. The number of thiophene rings is 1. The lowest BCUT2D eigenvalue weighted by Crippen LogP contribution is -2.30. The van der Waals surface area contributed by atoms with Gasteiger partial charge in [-0.1, -0.05) is 19.9 Å². The Kier molecular flexibility index (Phi) is 6.69. The summed E-state index contributed by atoms with van der Waals surface area (Å²) >= 11 is 1.84. The van der Waals surface area contributed by atoms with Crippen LogP contribution in [-0.2, 0) is 6.54 Å². The summed E-state index contributed by atoms with van der Waals surface area (Å²) in [5, 5.41) is 5.62. The smallest absolute Gasteiger partial charge is 0.0324 e. The lowest BCUT2D eigenvalue weighted by molar-refractivity contribution is 0.276. The molecule has 1 aromatic heterocycles. The molecule has 1 aromatic rings. The first-order valence-corrected chi connectivity index (χ1v) is 7.02. The van der Waals surface area contributed by atoms with Crippen LogP contribution in [0.2, 0.25) is 0 Å². The van der Waals surface area contributed by atoms with Crippen molar-refractivity contribution in [2.45, 2.75) is 26.8 Å². The Labute approximate surface area is 104 Å². The zero-order valence-corrected chi connectivity index (χ0v) is 11.5. The van der Waals surface area contributed by atoms with Crippen molar-refractivity contribution < 1.29 is 0 Å². The molecule has 3 heteroatoms. The van der Waals surface area contributed by atoms with Crippen LogP contribution >= 0.6 is 11.3 Å². The quantitative estimate of drug-likeness (QED) is 0.703. The first-order chi connectivity index (χ1) is 7.72. The van der Waals surface area contributed by atoms with Crippen molar-refractivity contribution in [2.24, 2.45) is 5.92 Å². The lowest BCUT2D eigenvalue weighted by atomic mass is 10.1. The van der Waals surface area contributed by atoms with Gasteiger partial charge in [0, 0.05) is 18.0 Å². The third-order valence-electron chi connectivity index (χ3n) is 2.55. The second kappa shape index (κ2) is 7.82. The average Bonchev–Trinajstić information content (AvgIpc) is 2.70. The maximum atomic E-state index is 3.47. The molecule has 0 radical (unpaired) electrons. The van der Waals surface area contributed by atoms with E-state index >= 15 is 0 Å². The SMILES string of the molecule is CCCNCC(C)CN(C)Cc1cccs1. The maximum Gasteiger partial charge on any atom is 0.0324 e. The molecule has 1 N–H and O–H groups in total. The minimum Gasteiger partial charge on any atom is -0.316 e. The third-order valence-corrected chi connectivity index (χ3v) is 3.41. The van der Waals surface area contributed by atoms with E-state index in [1.165, 1.54) is 11.3 Å². The Morgan fingerprint density at radius 3 is 2.94 bits per heavy atom. The van der Waals surface area contributed by atoms with Gasteiger partial charge in [-0.2, -0.15) is 0 Å². The van der Waals surface area contributed by atoms with Crippen LogP contribution in [0, 0.1) is 5.92 Å². The standard InChI is InChI=1S/C13H24N2S/c1-4-7-14-9-12(2)10-15(3)11-13-6-5-8-16-13/h5-6,8,12,14H,4,7,9-11H2,1-3H3. The molecule has 0 saturated carbocycles. The fourth-order valence-corrected chi connectivity index (χ4v) is 2.64. The van der Waals surface area contributed by atoms with Gasteiger partial charge in [-0.15, -0.1) is 11.3 Å². The zero-order valence-electron chi connectivity index (χ0n) is 10.7. The van der Waals surface area contributed by atoms with Crippen molar-refractivity contribution in [2.75, 3.05) is 26.7 Å². The summed E-state index contributed by atoms with van der Waals surface area (Å²) in [6.45, 7) is 9.03. The van der Waals surface area contributed by atoms with E-state index in [9.17, 15) is 0 Å². The Morgan fingerprint density at radius 2 is 2.31 bits per heavy atom. The van der Waals surface area contributed by atoms with Gasteiger partial charge in [0.15, 0.2) is 0 Å². The molecule has 0 aliphatic carbocycles. The minimum atomic E-state index is 0.719. The lowest BCUT2D eigenvalue weighted by Gasteiger charge is -2.21. The van der Waals surface area contributed by atoms with E-state index < -0.39 is 0 Å². The van der Waals surface area contributed by atoms with E-state index in [-0.39, 0.29) is 0 Å². The van der Waals surface area contributed by atoms with Crippen LogP contribution in [0.4, 0.5) is 0 Å². The molecule has 0 spiro atoms. The van der Waals surface area contributed by atoms with Gasteiger partial charge in [-0.25, -0.2) is 0 Å². The molecular weight excluding hydrogens is 216 g/mol. The fraction of sp³-hybridized carbons (Fsp3) is 0.692. The number of nitrogens with zero attached hydrogens (tertiary/aromatic N) is 1. The van der Waals surface area contributed by atoms with E-state index in [0.29, 0.717) is 0 Å². The molecule has 0 aromatic carbocycles. The number of hydrogen-bond donors (Lipinski definition) is 1. The first-order valence-electron chi connectivity index (χ1n) is 6.14. The van der Waals surface area contributed by atoms with Crippen molar-refractivity contribution in [3.05, 3.63) is 22.4 Å². The molecule has 0 aliphatic rings. The molecule has 2 nitrogen and oxygen atoms in total. The summed E-state index contributed by atoms with van der Waals surface area (Å²) < 4.78 is 0. The summed E-state index contributed by atoms with van der Waals surface area (Å²) in [6.07, 6.45) is 1.22. The van der Waals surface area contributed by atoms with Gasteiger partial charge in [0.25, 0.3) is 0 Å². The third kappa shape index (κ3) is 5.64. The van der Waals surface area contributed by atoms with Crippen LogP contribution in [0.25, 0.3) is 0 Å². The van der Waals surface area contributed by atoms with E-state index in [1.54, 1.807) is 0 Å². The van der Waals surface area contributed by atoms with Gasteiger partial charge < -0.3 is 10.2 Å². The van der Waals surface area contributed by atoms with Gasteiger partial charge >= 0.3 is 0 Å². The van der Waals surface area contributed by atoms with Crippen molar-refractivity contribution >= 4 is 11.3 Å². The molecule has 1 unspecified atom stereocenters.